The summed E-state index contributed by atoms with van der Waals surface area (Å²) in [5.41, 5.74) is 1.10. The molecular formula is C15H25NO3S. The van der Waals surface area contributed by atoms with Crippen molar-refractivity contribution in [3.8, 4) is 0 Å². The van der Waals surface area contributed by atoms with Gasteiger partial charge in [0.15, 0.2) is 9.84 Å². The lowest BCUT2D eigenvalue weighted by molar-refractivity contribution is 0.192. The predicted octanol–water partition coefficient (Wildman–Crippen LogP) is 1.87. The van der Waals surface area contributed by atoms with Crippen LogP contribution in [-0.4, -0.2) is 49.6 Å². The first-order valence-electron chi connectivity index (χ1n) is 6.96. The Morgan fingerprint density at radius 3 is 2.30 bits per heavy atom. The number of rotatable bonds is 8. The molecule has 1 unspecified atom stereocenters. The van der Waals surface area contributed by atoms with Gasteiger partial charge in [-0.1, -0.05) is 30.3 Å². The molecule has 0 radical (unpaired) electrons. The van der Waals surface area contributed by atoms with Gasteiger partial charge in [0.2, 0.25) is 0 Å². The number of sulfone groups is 1. The molecule has 0 aliphatic carbocycles. The Morgan fingerprint density at radius 1 is 1.20 bits per heavy atom. The lowest BCUT2D eigenvalue weighted by Crippen LogP contribution is -2.32. The van der Waals surface area contributed by atoms with Crippen molar-refractivity contribution in [3.05, 3.63) is 35.9 Å². The first-order valence-corrected chi connectivity index (χ1v) is 8.67. The molecule has 0 saturated heterocycles. The van der Waals surface area contributed by atoms with E-state index in [1.807, 2.05) is 42.3 Å². The van der Waals surface area contributed by atoms with E-state index in [2.05, 4.69) is 0 Å². The van der Waals surface area contributed by atoms with E-state index in [-0.39, 0.29) is 23.7 Å². The minimum atomic E-state index is -3.03. The predicted molar refractivity (Wildman–Crippen MR) is 82.4 cm³/mol. The second-order valence-electron chi connectivity index (χ2n) is 5.34. The van der Waals surface area contributed by atoms with Crippen LogP contribution in [0.4, 0.5) is 0 Å². The zero-order chi connectivity index (χ0) is 15.2. The Morgan fingerprint density at radius 2 is 1.80 bits per heavy atom. The molecule has 1 aromatic rings. The number of aliphatic hydroxyl groups excluding tert-OH is 1. The van der Waals surface area contributed by atoms with E-state index < -0.39 is 9.84 Å². The summed E-state index contributed by atoms with van der Waals surface area (Å²) in [7, 11) is -1.12. The van der Waals surface area contributed by atoms with E-state index in [0.29, 0.717) is 13.0 Å². The minimum Gasteiger partial charge on any atom is -0.396 e. The Labute approximate surface area is 122 Å². The quantitative estimate of drug-likeness (QED) is 0.796. The molecule has 1 atom stereocenters. The molecule has 0 amide bonds. The standard InChI is InChI=1S/C15H25NO3S/c1-13(2)20(18,19)12-10-16(3)15(9-11-17)14-7-5-4-6-8-14/h4-8,13,15,17H,9-12H2,1-3H3. The van der Waals surface area contributed by atoms with Crippen molar-refractivity contribution in [2.75, 3.05) is 26.0 Å². The molecule has 1 N–H and O–H groups in total. The first-order chi connectivity index (χ1) is 9.38. The van der Waals surface area contributed by atoms with Gasteiger partial charge in [-0.3, -0.25) is 4.90 Å². The van der Waals surface area contributed by atoms with Gasteiger partial charge in [-0.15, -0.1) is 0 Å². The van der Waals surface area contributed by atoms with Crippen molar-refractivity contribution in [2.24, 2.45) is 0 Å². The molecule has 0 aromatic heterocycles. The van der Waals surface area contributed by atoms with E-state index in [1.165, 1.54) is 0 Å². The third-order valence-electron chi connectivity index (χ3n) is 3.57. The molecule has 0 bridgehead atoms. The summed E-state index contributed by atoms with van der Waals surface area (Å²) in [5, 5.41) is 8.87. The van der Waals surface area contributed by atoms with Gasteiger partial charge in [0.1, 0.15) is 0 Å². The molecule has 0 aliphatic rings. The number of hydrogen-bond acceptors (Lipinski definition) is 4. The average molecular weight is 299 g/mol. The van der Waals surface area contributed by atoms with Gasteiger partial charge in [-0.2, -0.15) is 0 Å². The zero-order valence-electron chi connectivity index (χ0n) is 12.5. The zero-order valence-corrected chi connectivity index (χ0v) is 13.3. The van der Waals surface area contributed by atoms with Gasteiger partial charge >= 0.3 is 0 Å². The number of hydrogen-bond donors (Lipinski definition) is 1. The molecule has 0 spiro atoms. The Balaban J connectivity index is 2.73. The first kappa shape index (κ1) is 17.1. The second-order valence-corrected chi connectivity index (χ2v) is 8.01. The van der Waals surface area contributed by atoms with Gasteiger partial charge in [0.05, 0.1) is 11.0 Å². The summed E-state index contributed by atoms with van der Waals surface area (Å²) in [5.74, 6) is 0.149. The molecule has 0 aliphatic heterocycles. The van der Waals surface area contributed by atoms with Gasteiger partial charge in [0, 0.05) is 19.2 Å². The van der Waals surface area contributed by atoms with Crippen LogP contribution >= 0.6 is 0 Å². The lowest BCUT2D eigenvalue weighted by Gasteiger charge is -2.28. The Bertz CT molecular complexity index is 485. The van der Waals surface area contributed by atoms with Crippen LogP contribution in [0, 0.1) is 0 Å². The highest BCUT2D eigenvalue weighted by atomic mass is 32.2. The summed E-state index contributed by atoms with van der Waals surface area (Å²) in [6, 6.07) is 9.92. The van der Waals surface area contributed by atoms with Crippen molar-refractivity contribution in [3.63, 3.8) is 0 Å². The van der Waals surface area contributed by atoms with Crippen LogP contribution in [0.5, 0.6) is 0 Å². The molecule has 1 rings (SSSR count). The Hall–Kier alpha value is -0.910. The van der Waals surface area contributed by atoms with E-state index in [0.717, 1.165) is 5.56 Å². The maximum Gasteiger partial charge on any atom is 0.153 e. The van der Waals surface area contributed by atoms with Crippen LogP contribution in [0.3, 0.4) is 0 Å². The van der Waals surface area contributed by atoms with Crippen LogP contribution in [-0.2, 0) is 9.84 Å². The smallest absolute Gasteiger partial charge is 0.153 e. The Kier molecular flexibility index (Phi) is 6.65. The van der Waals surface area contributed by atoms with E-state index in [1.54, 1.807) is 13.8 Å². The number of benzene rings is 1. The maximum atomic E-state index is 11.9. The summed E-state index contributed by atoms with van der Waals surface area (Å²) < 4.78 is 23.8. The van der Waals surface area contributed by atoms with Crippen LogP contribution in [0.2, 0.25) is 0 Å². The summed E-state index contributed by atoms with van der Waals surface area (Å²) in [6.45, 7) is 3.97. The molecule has 114 valence electrons. The van der Waals surface area contributed by atoms with Crippen molar-refractivity contribution >= 4 is 9.84 Å². The molecule has 0 fully saturated rings. The molecule has 5 heteroatoms. The fourth-order valence-electron chi connectivity index (χ4n) is 2.10. The largest absolute Gasteiger partial charge is 0.396 e. The number of aliphatic hydroxyl groups is 1. The third kappa shape index (κ3) is 4.89. The fourth-order valence-corrected chi connectivity index (χ4v) is 3.12. The van der Waals surface area contributed by atoms with Crippen LogP contribution in [0.15, 0.2) is 30.3 Å². The van der Waals surface area contributed by atoms with E-state index >= 15 is 0 Å². The second kappa shape index (κ2) is 7.76. The lowest BCUT2D eigenvalue weighted by atomic mass is 10.0. The van der Waals surface area contributed by atoms with Crippen molar-refractivity contribution < 1.29 is 13.5 Å². The fraction of sp³-hybridized carbons (Fsp3) is 0.600. The highest BCUT2D eigenvalue weighted by Crippen LogP contribution is 2.22. The molecular weight excluding hydrogens is 274 g/mol. The molecule has 20 heavy (non-hydrogen) atoms. The van der Waals surface area contributed by atoms with Crippen molar-refractivity contribution in [1.82, 2.24) is 4.90 Å². The van der Waals surface area contributed by atoms with Crippen molar-refractivity contribution in [2.45, 2.75) is 31.6 Å². The molecule has 1 aromatic carbocycles. The monoisotopic (exact) mass is 299 g/mol. The SMILES string of the molecule is CC(C)S(=O)(=O)CCN(C)C(CCO)c1ccccc1. The van der Waals surface area contributed by atoms with Gasteiger partial charge in [0.25, 0.3) is 0 Å². The summed E-state index contributed by atoms with van der Waals surface area (Å²) in [4.78, 5) is 2.01. The topological polar surface area (TPSA) is 57.6 Å². The molecule has 4 nitrogen and oxygen atoms in total. The van der Waals surface area contributed by atoms with Crippen LogP contribution in [0.25, 0.3) is 0 Å². The number of nitrogens with zero attached hydrogens (tertiary/aromatic N) is 1. The highest BCUT2D eigenvalue weighted by molar-refractivity contribution is 7.92. The summed E-state index contributed by atoms with van der Waals surface area (Å²) in [6.07, 6.45) is 0.599. The highest BCUT2D eigenvalue weighted by Gasteiger charge is 2.21. The van der Waals surface area contributed by atoms with Crippen LogP contribution in [0.1, 0.15) is 31.9 Å². The van der Waals surface area contributed by atoms with Gasteiger partial charge < -0.3 is 5.11 Å². The van der Waals surface area contributed by atoms with E-state index in [9.17, 15) is 13.5 Å². The minimum absolute atomic E-state index is 0.0450. The third-order valence-corrected chi connectivity index (χ3v) is 5.75. The van der Waals surface area contributed by atoms with Gasteiger partial charge in [-0.05, 0) is 32.9 Å². The molecule has 0 heterocycles. The summed E-state index contributed by atoms with van der Waals surface area (Å²) >= 11 is 0. The van der Waals surface area contributed by atoms with Gasteiger partial charge in [-0.25, -0.2) is 8.42 Å². The van der Waals surface area contributed by atoms with Crippen molar-refractivity contribution in [1.29, 1.82) is 0 Å². The van der Waals surface area contributed by atoms with E-state index in [4.69, 9.17) is 0 Å². The van der Waals surface area contributed by atoms with Crippen LogP contribution < -0.4 is 0 Å². The average Bonchev–Trinajstić information content (AvgIpc) is 2.43. The maximum absolute atomic E-state index is 11.9. The normalized spacial score (nSPS) is 13.9. The molecule has 0 saturated carbocycles.